The van der Waals surface area contributed by atoms with Gasteiger partial charge < -0.3 is 4.90 Å². The zero-order valence-electron chi connectivity index (χ0n) is 13.4. The number of nitrogens with one attached hydrogen (secondary N) is 1. The number of amides is 2. The van der Waals surface area contributed by atoms with Crippen LogP contribution in [-0.2, 0) is 6.42 Å². The molecule has 0 saturated carbocycles. The van der Waals surface area contributed by atoms with Crippen LogP contribution in [-0.4, -0.2) is 28.4 Å². The van der Waals surface area contributed by atoms with E-state index in [1.54, 1.807) is 12.1 Å². The van der Waals surface area contributed by atoms with Crippen LogP contribution in [0.2, 0.25) is 5.02 Å². The van der Waals surface area contributed by atoms with Gasteiger partial charge in [0.2, 0.25) is 0 Å². The molecule has 0 spiro atoms. The topological polar surface area (TPSA) is 45.2 Å². The minimum atomic E-state index is -0.247. The van der Waals surface area contributed by atoms with Gasteiger partial charge in [-0.05, 0) is 67.4 Å². The van der Waals surface area contributed by atoms with Crippen LogP contribution in [0, 0.1) is 18.7 Å². The molecule has 1 N–H and O–H groups in total. The van der Waals surface area contributed by atoms with E-state index in [9.17, 15) is 9.18 Å². The lowest BCUT2D eigenvalue weighted by atomic mass is 9.90. The molecule has 1 aromatic carbocycles. The van der Waals surface area contributed by atoms with E-state index >= 15 is 0 Å². The molecule has 2 heterocycles. The van der Waals surface area contributed by atoms with Crippen LogP contribution in [0.4, 0.5) is 14.2 Å². The molecular formula is C17H19ClFN3OS. The van der Waals surface area contributed by atoms with Crippen LogP contribution in [0.1, 0.15) is 24.1 Å². The zero-order valence-corrected chi connectivity index (χ0v) is 15.0. The van der Waals surface area contributed by atoms with Crippen molar-refractivity contribution in [3.05, 3.63) is 46.4 Å². The molecule has 1 fully saturated rings. The Morgan fingerprint density at radius 1 is 1.42 bits per heavy atom. The van der Waals surface area contributed by atoms with Gasteiger partial charge in [0.1, 0.15) is 10.8 Å². The Labute approximate surface area is 149 Å². The number of carbonyl (C=O) groups excluding carboxylic acids is 1. The summed E-state index contributed by atoms with van der Waals surface area (Å²) in [6, 6.07) is 6.60. The number of nitrogens with zero attached hydrogens (tertiary/aromatic N) is 2. The van der Waals surface area contributed by atoms with Crippen molar-refractivity contribution in [2.45, 2.75) is 26.2 Å². The van der Waals surface area contributed by atoms with Crippen molar-refractivity contribution >= 4 is 34.2 Å². The molecule has 7 heteroatoms. The maximum Gasteiger partial charge on any atom is 0.322 e. The maximum atomic E-state index is 13.9. The lowest BCUT2D eigenvalue weighted by Gasteiger charge is -2.32. The Kier molecular flexibility index (Phi) is 5.36. The first-order chi connectivity index (χ1) is 11.5. The quantitative estimate of drug-likeness (QED) is 0.852. The Morgan fingerprint density at radius 2 is 2.17 bits per heavy atom. The predicted octanol–water partition coefficient (Wildman–Crippen LogP) is 4.73. The number of likely N-dealkylation sites (tertiary alicyclic amines) is 1. The van der Waals surface area contributed by atoms with Gasteiger partial charge >= 0.3 is 6.03 Å². The number of rotatable bonds is 3. The molecule has 0 atom stereocenters. The minimum Gasteiger partial charge on any atom is -0.324 e. The van der Waals surface area contributed by atoms with Gasteiger partial charge in [-0.3, -0.25) is 5.32 Å². The van der Waals surface area contributed by atoms with E-state index in [2.05, 4.69) is 9.69 Å². The van der Waals surface area contributed by atoms with Crippen molar-refractivity contribution in [1.29, 1.82) is 0 Å². The van der Waals surface area contributed by atoms with Gasteiger partial charge in [-0.25, -0.2) is 9.18 Å². The van der Waals surface area contributed by atoms with Crippen molar-refractivity contribution < 1.29 is 9.18 Å². The highest BCUT2D eigenvalue weighted by atomic mass is 35.5. The third-order valence-electron chi connectivity index (χ3n) is 4.28. The number of urea groups is 1. The summed E-state index contributed by atoms with van der Waals surface area (Å²) in [5.74, 6) is 0.138. The fourth-order valence-electron chi connectivity index (χ4n) is 2.95. The molecule has 1 aliphatic rings. The third kappa shape index (κ3) is 4.24. The summed E-state index contributed by atoms with van der Waals surface area (Å²) in [6.07, 6.45) is 2.43. The number of aromatic nitrogens is 1. The Bertz CT molecular complexity index is 728. The number of hydrogen-bond acceptors (Lipinski definition) is 3. The van der Waals surface area contributed by atoms with Crippen molar-refractivity contribution in [2.24, 2.45) is 5.92 Å². The smallest absolute Gasteiger partial charge is 0.322 e. The maximum absolute atomic E-state index is 13.9. The van der Waals surface area contributed by atoms with E-state index in [-0.39, 0.29) is 11.8 Å². The van der Waals surface area contributed by atoms with Crippen LogP contribution in [0.5, 0.6) is 0 Å². The minimum absolute atomic E-state index is 0.0882. The van der Waals surface area contributed by atoms with Gasteiger partial charge in [-0.2, -0.15) is 4.37 Å². The van der Waals surface area contributed by atoms with Crippen molar-refractivity contribution in [3.63, 3.8) is 0 Å². The fraction of sp³-hybridized carbons (Fsp3) is 0.412. The van der Waals surface area contributed by atoms with Crippen LogP contribution in [0.15, 0.2) is 24.3 Å². The second-order valence-corrected chi connectivity index (χ2v) is 7.37. The van der Waals surface area contributed by atoms with Crippen molar-refractivity contribution in [1.82, 2.24) is 9.27 Å². The molecule has 2 aromatic rings. The Morgan fingerprint density at radius 3 is 2.79 bits per heavy atom. The second kappa shape index (κ2) is 7.49. The highest BCUT2D eigenvalue weighted by molar-refractivity contribution is 7.10. The van der Waals surface area contributed by atoms with E-state index in [1.165, 1.54) is 17.6 Å². The Balaban J connectivity index is 1.51. The predicted molar refractivity (Wildman–Crippen MR) is 95.3 cm³/mol. The van der Waals surface area contributed by atoms with Gasteiger partial charge in [0, 0.05) is 18.1 Å². The van der Waals surface area contributed by atoms with Gasteiger partial charge in [0.15, 0.2) is 0 Å². The molecule has 1 aliphatic heterocycles. The average Bonchev–Trinajstić information content (AvgIpc) is 2.96. The van der Waals surface area contributed by atoms with Crippen LogP contribution >= 0.6 is 23.1 Å². The van der Waals surface area contributed by atoms with Gasteiger partial charge in [-0.1, -0.05) is 17.7 Å². The second-order valence-electron chi connectivity index (χ2n) is 6.13. The van der Waals surface area contributed by atoms with Crippen LogP contribution < -0.4 is 5.32 Å². The van der Waals surface area contributed by atoms with E-state index in [4.69, 9.17) is 11.6 Å². The van der Waals surface area contributed by atoms with Gasteiger partial charge in [-0.15, -0.1) is 0 Å². The number of benzene rings is 1. The van der Waals surface area contributed by atoms with Gasteiger partial charge in [0.05, 0.1) is 5.69 Å². The molecule has 128 valence electrons. The average molecular weight is 368 g/mol. The normalized spacial score (nSPS) is 15.5. The summed E-state index contributed by atoms with van der Waals surface area (Å²) in [5, 5.41) is 4.06. The summed E-state index contributed by atoms with van der Waals surface area (Å²) in [6.45, 7) is 3.26. The number of anilines is 1. The third-order valence-corrected chi connectivity index (χ3v) is 5.31. The molecule has 0 aliphatic carbocycles. The van der Waals surface area contributed by atoms with Crippen LogP contribution in [0.3, 0.4) is 0 Å². The van der Waals surface area contributed by atoms with Crippen LogP contribution in [0.25, 0.3) is 0 Å². The number of piperidine rings is 1. The number of hydrogen-bond donors (Lipinski definition) is 1. The largest absolute Gasteiger partial charge is 0.324 e. The molecule has 2 amide bonds. The van der Waals surface area contributed by atoms with E-state index in [0.29, 0.717) is 36.0 Å². The lowest BCUT2D eigenvalue weighted by molar-refractivity contribution is 0.182. The van der Waals surface area contributed by atoms with Crippen molar-refractivity contribution in [3.8, 4) is 0 Å². The fourth-order valence-corrected chi connectivity index (χ4v) is 3.76. The van der Waals surface area contributed by atoms with Gasteiger partial charge in [0.25, 0.3) is 0 Å². The summed E-state index contributed by atoms with van der Waals surface area (Å²) < 4.78 is 18.0. The first-order valence-electron chi connectivity index (χ1n) is 7.94. The molecule has 1 aromatic heterocycles. The molecule has 0 radical (unpaired) electrons. The summed E-state index contributed by atoms with van der Waals surface area (Å²) >= 11 is 7.07. The molecule has 1 saturated heterocycles. The SMILES string of the molecule is Cc1cc(NC(=O)N2CCC(Cc3ccc(Cl)cc3F)CC2)sn1. The van der Waals surface area contributed by atoms with Crippen molar-refractivity contribution in [2.75, 3.05) is 18.4 Å². The number of aryl methyl sites for hydroxylation is 1. The molecule has 0 bridgehead atoms. The number of carbonyl (C=O) groups is 1. The zero-order chi connectivity index (χ0) is 17.1. The standard InChI is InChI=1S/C17H19ClFN3OS/c1-11-8-16(24-21-11)20-17(23)22-6-4-12(5-7-22)9-13-2-3-14(18)10-15(13)19/h2-3,8,10,12H,4-7,9H2,1H3,(H,20,23). The first kappa shape index (κ1) is 17.2. The molecule has 3 rings (SSSR count). The highest BCUT2D eigenvalue weighted by Crippen LogP contribution is 2.25. The summed E-state index contributed by atoms with van der Waals surface area (Å²) in [7, 11) is 0. The van der Waals surface area contributed by atoms with E-state index in [0.717, 1.165) is 23.5 Å². The molecule has 24 heavy (non-hydrogen) atoms. The first-order valence-corrected chi connectivity index (χ1v) is 9.09. The van der Waals surface area contributed by atoms with E-state index in [1.807, 2.05) is 17.9 Å². The summed E-state index contributed by atoms with van der Waals surface area (Å²) in [4.78, 5) is 14.1. The Hall–Kier alpha value is -1.66. The monoisotopic (exact) mass is 367 g/mol. The molecular weight excluding hydrogens is 349 g/mol. The highest BCUT2D eigenvalue weighted by Gasteiger charge is 2.24. The molecule has 0 unspecified atom stereocenters. The molecule has 4 nitrogen and oxygen atoms in total. The summed E-state index contributed by atoms with van der Waals surface area (Å²) in [5.41, 5.74) is 1.60. The number of halogens is 2. The van der Waals surface area contributed by atoms with E-state index < -0.39 is 0 Å². The lowest BCUT2D eigenvalue weighted by Crippen LogP contribution is -2.41.